The lowest BCUT2D eigenvalue weighted by Gasteiger charge is -2.02. The zero-order valence-electron chi connectivity index (χ0n) is 6.76. The van der Waals surface area contributed by atoms with E-state index in [4.69, 9.17) is 4.65 Å². The topological polar surface area (TPSA) is 29.5 Å². The van der Waals surface area contributed by atoms with E-state index >= 15 is 0 Å². The molecule has 0 radical (unpaired) electrons. The Morgan fingerprint density at radius 3 is 3.08 bits per heavy atom. The summed E-state index contributed by atoms with van der Waals surface area (Å²) in [5.41, 5.74) is 2.00. The van der Waals surface area contributed by atoms with Gasteiger partial charge in [0.1, 0.15) is 5.82 Å². The molecule has 0 amide bonds. The van der Waals surface area contributed by atoms with Gasteiger partial charge in [-0.1, -0.05) is 22.0 Å². The Bertz CT molecular complexity index is 345. The number of alkyl halides is 1. The van der Waals surface area contributed by atoms with Gasteiger partial charge in [-0.25, -0.2) is 4.39 Å². The predicted molar refractivity (Wildman–Crippen MR) is 51.4 cm³/mol. The van der Waals surface area contributed by atoms with Crippen LogP contribution in [0.3, 0.4) is 0 Å². The van der Waals surface area contributed by atoms with Gasteiger partial charge < -0.3 is 9.68 Å². The Morgan fingerprint density at radius 2 is 2.38 bits per heavy atom. The molecule has 1 aromatic carbocycles. The van der Waals surface area contributed by atoms with Crippen molar-refractivity contribution in [2.45, 2.75) is 11.9 Å². The Labute approximate surface area is 84.0 Å². The molecule has 0 unspecified atom stereocenters. The molecule has 0 bridgehead atoms. The second-order valence-corrected chi connectivity index (χ2v) is 3.50. The van der Waals surface area contributed by atoms with Crippen molar-refractivity contribution in [1.82, 2.24) is 0 Å². The summed E-state index contributed by atoms with van der Waals surface area (Å²) in [6.45, 7) is 0.358. The van der Waals surface area contributed by atoms with E-state index in [1.807, 2.05) is 0 Å². The SMILES string of the molecule is OB1OCc2cc(CBr)c(F)cc21. The molecule has 5 heteroatoms. The van der Waals surface area contributed by atoms with Crippen LogP contribution < -0.4 is 5.46 Å². The van der Waals surface area contributed by atoms with Crippen LogP contribution in [0.2, 0.25) is 0 Å². The van der Waals surface area contributed by atoms with Gasteiger partial charge in [0.05, 0.1) is 6.61 Å². The molecule has 0 saturated heterocycles. The van der Waals surface area contributed by atoms with Crippen molar-refractivity contribution in [2.24, 2.45) is 0 Å². The highest BCUT2D eigenvalue weighted by Crippen LogP contribution is 2.17. The van der Waals surface area contributed by atoms with Crippen LogP contribution in [0.5, 0.6) is 0 Å². The molecule has 68 valence electrons. The highest BCUT2D eigenvalue weighted by Gasteiger charge is 2.28. The lowest BCUT2D eigenvalue weighted by atomic mass is 9.79. The first-order chi connectivity index (χ1) is 6.22. The van der Waals surface area contributed by atoms with Crippen LogP contribution in [0.25, 0.3) is 0 Å². The summed E-state index contributed by atoms with van der Waals surface area (Å²) in [6, 6.07) is 3.05. The van der Waals surface area contributed by atoms with Crippen LogP contribution in [0.15, 0.2) is 12.1 Å². The smallest absolute Gasteiger partial charge is 0.423 e. The molecule has 2 nitrogen and oxygen atoms in total. The minimum absolute atomic E-state index is 0.305. The number of hydrogen-bond donors (Lipinski definition) is 1. The van der Waals surface area contributed by atoms with Crippen LogP contribution in [0.4, 0.5) is 4.39 Å². The largest absolute Gasteiger partial charge is 0.491 e. The van der Waals surface area contributed by atoms with Gasteiger partial charge in [0.2, 0.25) is 0 Å². The van der Waals surface area contributed by atoms with Gasteiger partial charge in [-0.2, -0.15) is 0 Å². The van der Waals surface area contributed by atoms with Crippen molar-refractivity contribution in [3.63, 3.8) is 0 Å². The molecule has 1 N–H and O–H groups in total. The van der Waals surface area contributed by atoms with E-state index in [2.05, 4.69) is 15.9 Å². The van der Waals surface area contributed by atoms with Gasteiger partial charge >= 0.3 is 7.12 Å². The molecule has 0 aliphatic carbocycles. The first-order valence-corrected chi connectivity index (χ1v) is 5.01. The zero-order chi connectivity index (χ0) is 9.42. The van der Waals surface area contributed by atoms with Crippen LogP contribution in [0.1, 0.15) is 11.1 Å². The highest BCUT2D eigenvalue weighted by molar-refractivity contribution is 9.08. The lowest BCUT2D eigenvalue weighted by molar-refractivity contribution is 0.275. The van der Waals surface area contributed by atoms with Gasteiger partial charge in [-0.3, -0.25) is 0 Å². The Kier molecular flexibility index (Phi) is 2.40. The van der Waals surface area contributed by atoms with E-state index in [0.717, 1.165) is 5.56 Å². The minimum Gasteiger partial charge on any atom is -0.423 e. The van der Waals surface area contributed by atoms with Gasteiger partial charge in [0.25, 0.3) is 0 Å². The molecule has 1 aromatic rings. The van der Waals surface area contributed by atoms with E-state index in [1.54, 1.807) is 6.07 Å². The van der Waals surface area contributed by atoms with Crippen molar-refractivity contribution < 1.29 is 14.1 Å². The average molecular weight is 245 g/mol. The van der Waals surface area contributed by atoms with Crippen LogP contribution >= 0.6 is 15.9 Å². The predicted octanol–water partition coefficient (Wildman–Crippen LogP) is 0.938. The summed E-state index contributed by atoms with van der Waals surface area (Å²) in [6.07, 6.45) is 0. The lowest BCUT2D eigenvalue weighted by Crippen LogP contribution is -2.28. The molecule has 1 aliphatic heterocycles. The van der Waals surface area contributed by atoms with Crippen LogP contribution in [-0.2, 0) is 16.6 Å². The van der Waals surface area contributed by atoms with Gasteiger partial charge in [0, 0.05) is 5.33 Å². The number of fused-ring (bicyclic) bond motifs is 1. The van der Waals surface area contributed by atoms with Crippen molar-refractivity contribution in [1.29, 1.82) is 0 Å². The molecule has 0 fully saturated rings. The monoisotopic (exact) mass is 244 g/mol. The summed E-state index contributed by atoms with van der Waals surface area (Å²) in [5.74, 6) is -0.305. The van der Waals surface area contributed by atoms with Crippen molar-refractivity contribution >= 4 is 28.5 Å². The molecule has 0 spiro atoms. The summed E-state index contributed by atoms with van der Waals surface area (Å²) in [5, 5.41) is 9.74. The number of hydrogen-bond acceptors (Lipinski definition) is 2. The minimum atomic E-state index is -0.964. The Morgan fingerprint density at radius 1 is 1.62 bits per heavy atom. The fourth-order valence-electron chi connectivity index (χ4n) is 1.40. The molecule has 0 aromatic heterocycles. The summed E-state index contributed by atoms with van der Waals surface area (Å²) < 4.78 is 18.2. The van der Waals surface area contributed by atoms with E-state index in [-0.39, 0.29) is 5.82 Å². The third-order valence-corrected chi connectivity index (χ3v) is 2.72. The normalized spacial score (nSPS) is 14.8. The second-order valence-electron chi connectivity index (χ2n) is 2.94. The molecular weight excluding hydrogens is 238 g/mol. The molecule has 1 heterocycles. The van der Waals surface area contributed by atoms with Gasteiger partial charge in [0.15, 0.2) is 0 Å². The molecule has 0 atom stereocenters. The van der Waals surface area contributed by atoms with Crippen molar-refractivity contribution in [3.8, 4) is 0 Å². The molecule has 1 aliphatic rings. The summed E-state index contributed by atoms with van der Waals surface area (Å²) in [4.78, 5) is 0. The van der Waals surface area contributed by atoms with E-state index < -0.39 is 7.12 Å². The quantitative estimate of drug-likeness (QED) is 0.589. The maximum absolute atomic E-state index is 13.2. The highest BCUT2D eigenvalue weighted by atomic mass is 79.9. The zero-order valence-corrected chi connectivity index (χ0v) is 8.34. The number of rotatable bonds is 1. The first-order valence-electron chi connectivity index (χ1n) is 3.89. The average Bonchev–Trinajstić information content (AvgIpc) is 2.47. The molecule has 2 rings (SSSR count). The number of benzene rings is 1. The first kappa shape index (κ1) is 9.18. The van der Waals surface area contributed by atoms with Crippen molar-refractivity contribution in [2.75, 3.05) is 0 Å². The second kappa shape index (κ2) is 3.40. The van der Waals surface area contributed by atoms with E-state index in [1.165, 1.54) is 6.07 Å². The Hall–Kier alpha value is -0.385. The van der Waals surface area contributed by atoms with Gasteiger partial charge in [-0.05, 0) is 22.7 Å². The van der Waals surface area contributed by atoms with E-state index in [9.17, 15) is 9.41 Å². The maximum atomic E-state index is 13.2. The number of halogens is 2. The summed E-state index contributed by atoms with van der Waals surface area (Å²) >= 11 is 3.19. The fourth-order valence-corrected chi connectivity index (χ4v) is 1.83. The van der Waals surface area contributed by atoms with Crippen LogP contribution in [-0.4, -0.2) is 12.1 Å². The standard InChI is InChI=1S/C8H7BBrFO2/c10-3-5-1-6-4-13-9(12)7(6)2-8(5)11/h1-2,12H,3-4H2. The molecule has 13 heavy (non-hydrogen) atoms. The van der Waals surface area contributed by atoms with Crippen LogP contribution in [0, 0.1) is 5.82 Å². The Balaban J connectivity index is 2.50. The maximum Gasteiger partial charge on any atom is 0.491 e. The fraction of sp³-hybridized carbons (Fsp3) is 0.250. The van der Waals surface area contributed by atoms with Crippen molar-refractivity contribution in [3.05, 3.63) is 29.1 Å². The third kappa shape index (κ3) is 1.52. The summed E-state index contributed by atoms with van der Waals surface area (Å²) in [7, 11) is -0.964. The van der Waals surface area contributed by atoms with Gasteiger partial charge in [-0.15, -0.1) is 0 Å². The molecule has 0 saturated carbocycles. The van der Waals surface area contributed by atoms with E-state index in [0.29, 0.717) is 23.0 Å². The molecular formula is C8H7BBrFO2. The third-order valence-electron chi connectivity index (χ3n) is 2.11.